The van der Waals surface area contributed by atoms with Crippen molar-refractivity contribution in [2.45, 2.75) is 6.18 Å². The van der Waals surface area contributed by atoms with Gasteiger partial charge in [-0.25, -0.2) is 4.98 Å². The molecule has 0 N–H and O–H groups in total. The van der Waals surface area contributed by atoms with Crippen LogP contribution in [0.1, 0.15) is 5.56 Å². The molecule has 3 nitrogen and oxygen atoms in total. The summed E-state index contributed by atoms with van der Waals surface area (Å²) in [6.07, 6.45) is -3.22. The molecule has 8 heteroatoms. The minimum absolute atomic E-state index is 0.0864. The lowest BCUT2D eigenvalue weighted by molar-refractivity contribution is -0.138. The van der Waals surface area contributed by atoms with Crippen molar-refractivity contribution in [2.24, 2.45) is 0 Å². The van der Waals surface area contributed by atoms with E-state index in [1.807, 2.05) is 0 Å². The summed E-state index contributed by atoms with van der Waals surface area (Å²) in [6, 6.07) is 4.83. The van der Waals surface area contributed by atoms with Crippen molar-refractivity contribution in [2.75, 3.05) is 0 Å². The zero-order chi connectivity index (χ0) is 14.0. The molecule has 0 aliphatic carbocycles. The summed E-state index contributed by atoms with van der Waals surface area (Å²) >= 11 is 8.64. The molecule has 0 unspecified atom stereocenters. The Kier molecular flexibility index (Phi) is 3.96. The molecular formula is C11H5BrClF3N2O. The molecule has 0 bridgehead atoms. The third-order valence-electron chi connectivity index (χ3n) is 2.08. The van der Waals surface area contributed by atoms with E-state index in [0.29, 0.717) is 4.47 Å². The first kappa shape index (κ1) is 14.1. The van der Waals surface area contributed by atoms with E-state index in [4.69, 9.17) is 16.3 Å². The van der Waals surface area contributed by atoms with Gasteiger partial charge in [0.1, 0.15) is 5.75 Å². The molecule has 0 spiro atoms. The van der Waals surface area contributed by atoms with Crippen LogP contribution in [0.25, 0.3) is 0 Å². The highest BCUT2D eigenvalue weighted by molar-refractivity contribution is 9.10. The summed E-state index contributed by atoms with van der Waals surface area (Å²) in [7, 11) is 0. The van der Waals surface area contributed by atoms with Gasteiger partial charge in [-0.3, -0.25) is 0 Å². The van der Waals surface area contributed by atoms with Gasteiger partial charge in [0, 0.05) is 6.20 Å². The van der Waals surface area contributed by atoms with Crippen LogP contribution in [0.5, 0.6) is 11.6 Å². The fourth-order valence-electron chi connectivity index (χ4n) is 1.30. The fraction of sp³-hybridized carbons (Fsp3) is 0.0909. The molecule has 0 aliphatic heterocycles. The highest BCUT2D eigenvalue weighted by Crippen LogP contribution is 2.38. The van der Waals surface area contributed by atoms with E-state index in [2.05, 4.69) is 25.9 Å². The van der Waals surface area contributed by atoms with Crippen molar-refractivity contribution in [3.05, 3.63) is 45.8 Å². The summed E-state index contributed by atoms with van der Waals surface area (Å²) in [5, 5.41) is -0.123. The summed E-state index contributed by atoms with van der Waals surface area (Å²) in [5.41, 5.74) is -0.892. The third-order valence-corrected chi connectivity index (χ3v) is 2.81. The van der Waals surface area contributed by atoms with Crippen LogP contribution in [0.4, 0.5) is 13.2 Å². The van der Waals surface area contributed by atoms with E-state index < -0.39 is 11.7 Å². The van der Waals surface area contributed by atoms with Crippen LogP contribution in [0.2, 0.25) is 5.28 Å². The van der Waals surface area contributed by atoms with Crippen molar-refractivity contribution in [1.82, 2.24) is 9.97 Å². The van der Waals surface area contributed by atoms with Crippen molar-refractivity contribution >= 4 is 27.5 Å². The van der Waals surface area contributed by atoms with Crippen LogP contribution in [0.3, 0.4) is 0 Å². The van der Waals surface area contributed by atoms with E-state index in [1.165, 1.54) is 24.4 Å². The highest BCUT2D eigenvalue weighted by Gasteiger charge is 2.34. The maximum Gasteiger partial charge on any atom is 0.419 e. The number of hydrogen-bond donors (Lipinski definition) is 0. The summed E-state index contributed by atoms with van der Waals surface area (Å²) < 4.78 is 43.8. The Morgan fingerprint density at radius 3 is 2.58 bits per heavy atom. The van der Waals surface area contributed by atoms with E-state index in [9.17, 15) is 13.2 Å². The standard InChI is InChI=1S/C11H5BrClF3N2O/c12-7-5-17-10(13)18-9(7)19-8-4-2-1-3-6(8)11(14,15)16/h1-5H. The Morgan fingerprint density at radius 2 is 1.89 bits per heavy atom. The van der Waals surface area contributed by atoms with Crippen LogP contribution in [0, 0.1) is 0 Å². The van der Waals surface area contributed by atoms with Crippen molar-refractivity contribution in [1.29, 1.82) is 0 Å². The number of alkyl halides is 3. The molecular weight excluding hydrogens is 348 g/mol. The molecule has 0 radical (unpaired) electrons. The zero-order valence-corrected chi connectivity index (χ0v) is 11.4. The Hall–Kier alpha value is -1.34. The molecule has 0 saturated carbocycles. The molecule has 0 atom stereocenters. The second-order valence-corrected chi connectivity index (χ2v) is 4.58. The molecule has 2 aromatic rings. The number of hydrogen-bond acceptors (Lipinski definition) is 3. The van der Waals surface area contributed by atoms with Gasteiger partial charge in [0.2, 0.25) is 11.2 Å². The first-order valence-corrected chi connectivity index (χ1v) is 6.07. The highest BCUT2D eigenvalue weighted by atomic mass is 79.9. The lowest BCUT2D eigenvalue weighted by Gasteiger charge is -2.13. The van der Waals surface area contributed by atoms with Gasteiger partial charge in [-0.2, -0.15) is 18.2 Å². The van der Waals surface area contributed by atoms with Gasteiger partial charge >= 0.3 is 6.18 Å². The molecule has 0 saturated heterocycles. The Labute approximate surface area is 119 Å². The van der Waals surface area contributed by atoms with Crippen LogP contribution < -0.4 is 4.74 Å². The number of aromatic nitrogens is 2. The monoisotopic (exact) mass is 352 g/mol. The second-order valence-electron chi connectivity index (χ2n) is 3.39. The smallest absolute Gasteiger partial charge is 0.419 e. The van der Waals surface area contributed by atoms with Gasteiger partial charge in [-0.1, -0.05) is 12.1 Å². The predicted octanol–water partition coefficient (Wildman–Crippen LogP) is 4.70. The number of halogens is 5. The topological polar surface area (TPSA) is 35.0 Å². The molecule has 0 amide bonds. The molecule has 1 aromatic carbocycles. The second kappa shape index (κ2) is 5.34. The molecule has 19 heavy (non-hydrogen) atoms. The Balaban J connectivity index is 2.41. The van der Waals surface area contributed by atoms with Gasteiger partial charge in [-0.15, -0.1) is 0 Å². The zero-order valence-electron chi connectivity index (χ0n) is 9.08. The van der Waals surface area contributed by atoms with Gasteiger partial charge in [-0.05, 0) is 39.7 Å². The average molecular weight is 354 g/mol. The summed E-state index contributed by atoms with van der Waals surface area (Å²) in [5.74, 6) is -0.442. The van der Waals surface area contributed by atoms with E-state index in [1.54, 1.807) is 0 Å². The predicted molar refractivity (Wildman–Crippen MR) is 66.3 cm³/mol. The van der Waals surface area contributed by atoms with Gasteiger partial charge in [0.05, 0.1) is 10.0 Å². The SMILES string of the molecule is FC(F)(F)c1ccccc1Oc1nc(Cl)ncc1Br. The third kappa shape index (κ3) is 3.36. The lowest BCUT2D eigenvalue weighted by atomic mass is 10.2. The first-order valence-electron chi connectivity index (χ1n) is 4.90. The van der Waals surface area contributed by atoms with Gasteiger partial charge in [0.25, 0.3) is 0 Å². The number of para-hydroxylation sites is 1. The number of ether oxygens (including phenoxy) is 1. The maximum atomic E-state index is 12.8. The molecule has 1 aromatic heterocycles. The van der Waals surface area contributed by atoms with Crippen molar-refractivity contribution < 1.29 is 17.9 Å². The first-order chi connectivity index (χ1) is 8.88. The van der Waals surface area contributed by atoms with Crippen LogP contribution >= 0.6 is 27.5 Å². The lowest BCUT2D eigenvalue weighted by Crippen LogP contribution is -2.07. The maximum absolute atomic E-state index is 12.8. The van der Waals surface area contributed by atoms with E-state index >= 15 is 0 Å². The molecule has 0 fully saturated rings. The normalized spacial score (nSPS) is 11.4. The number of nitrogens with zero attached hydrogens (tertiary/aromatic N) is 2. The average Bonchev–Trinajstić information content (AvgIpc) is 2.33. The Morgan fingerprint density at radius 1 is 1.21 bits per heavy atom. The molecule has 0 aliphatic rings. The largest absolute Gasteiger partial charge is 0.437 e. The summed E-state index contributed by atoms with van der Waals surface area (Å²) in [4.78, 5) is 7.37. The fourth-order valence-corrected chi connectivity index (χ4v) is 1.69. The van der Waals surface area contributed by atoms with E-state index in [0.717, 1.165) is 6.07 Å². The van der Waals surface area contributed by atoms with Gasteiger partial charge in [0.15, 0.2) is 0 Å². The van der Waals surface area contributed by atoms with Crippen LogP contribution in [-0.4, -0.2) is 9.97 Å². The minimum Gasteiger partial charge on any atom is -0.437 e. The van der Waals surface area contributed by atoms with E-state index in [-0.39, 0.29) is 16.9 Å². The van der Waals surface area contributed by atoms with Crippen molar-refractivity contribution in [3.8, 4) is 11.6 Å². The van der Waals surface area contributed by atoms with Crippen LogP contribution in [0.15, 0.2) is 34.9 Å². The quantitative estimate of drug-likeness (QED) is 0.734. The summed E-state index contributed by atoms with van der Waals surface area (Å²) in [6.45, 7) is 0. The molecule has 100 valence electrons. The van der Waals surface area contributed by atoms with Gasteiger partial charge < -0.3 is 4.74 Å². The molecule has 1 heterocycles. The minimum atomic E-state index is -4.51. The number of rotatable bonds is 2. The Bertz CT molecular complexity index is 607. The number of benzene rings is 1. The van der Waals surface area contributed by atoms with Crippen molar-refractivity contribution in [3.63, 3.8) is 0 Å². The van der Waals surface area contributed by atoms with Crippen LogP contribution in [-0.2, 0) is 6.18 Å². The molecule has 2 rings (SSSR count).